The van der Waals surface area contributed by atoms with E-state index in [1.807, 2.05) is 0 Å². The fraction of sp³-hybridized carbons (Fsp3) is 0. The molecule has 0 bridgehead atoms. The molecule has 0 saturated heterocycles. The predicted octanol–water partition coefficient (Wildman–Crippen LogP) is 2.56. The third-order valence-corrected chi connectivity index (χ3v) is 2.45. The zero-order valence-electron chi connectivity index (χ0n) is 5.94. The Morgan fingerprint density at radius 2 is 2.25 bits per heavy atom. The fourth-order valence-corrected chi connectivity index (χ4v) is 2.11. The number of nitrogens with one attached hydrogen (secondary N) is 1. The summed E-state index contributed by atoms with van der Waals surface area (Å²) in [4.78, 5) is 0. The molecule has 0 amide bonds. The number of benzene rings is 1. The van der Waals surface area contributed by atoms with Crippen LogP contribution in [0.5, 0.6) is 0 Å². The van der Waals surface area contributed by atoms with E-state index < -0.39 is 0 Å². The van der Waals surface area contributed by atoms with Gasteiger partial charge in [0.2, 0.25) is 0 Å². The minimum absolute atomic E-state index is 0.480. The molecule has 0 unspecified atom stereocenters. The van der Waals surface area contributed by atoms with Crippen molar-refractivity contribution in [1.82, 2.24) is 10.2 Å². The van der Waals surface area contributed by atoms with Crippen LogP contribution in [0.1, 0.15) is 0 Å². The van der Waals surface area contributed by atoms with Crippen molar-refractivity contribution in [2.45, 2.75) is 0 Å². The summed E-state index contributed by atoms with van der Waals surface area (Å²) in [7, 11) is 0. The Morgan fingerprint density at radius 1 is 1.50 bits per heavy atom. The lowest BCUT2D eigenvalue weighted by atomic mass is 10.2. The van der Waals surface area contributed by atoms with Crippen molar-refractivity contribution in [3.63, 3.8) is 0 Å². The van der Waals surface area contributed by atoms with E-state index in [1.165, 1.54) is 0 Å². The largest absolute Gasteiger partial charge is 0.382 e. The van der Waals surface area contributed by atoms with Gasteiger partial charge in [-0.3, -0.25) is 5.10 Å². The maximum absolute atomic E-state index is 5.81. The number of hydrogen-bond donors (Lipinski definition) is 2. The summed E-state index contributed by atoms with van der Waals surface area (Å²) in [5, 5.41) is 8.17. The summed E-state index contributed by atoms with van der Waals surface area (Å²) < 4.78 is 0.858. The summed E-state index contributed by atoms with van der Waals surface area (Å²) >= 11 is 9.17. The molecule has 0 saturated carbocycles. The predicted molar refractivity (Wildman–Crippen MR) is 53.2 cm³/mol. The Kier molecular flexibility index (Phi) is 1.73. The van der Waals surface area contributed by atoms with Crippen molar-refractivity contribution in [2.24, 2.45) is 0 Å². The molecular weight excluding hydrogens is 241 g/mol. The molecule has 12 heavy (non-hydrogen) atoms. The molecule has 3 N–H and O–H groups in total. The molecule has 62 valence electrons. The molecule has 2 aromatic rings. The molecule has 2 rings (SSSR count). The zero-order valence-corrected chi connectivity index (χ0v) is 8.28. The molecule has 5 heteroatoms. The van der Waals surface area contributed by atoms with Gasteiger partial charge in [0, 0.05) is 9.50 Å². The number of nitrogen functional groups attached to an aromatic ring is 1. The molecule has 0 atom stereocenters. The number of hydrogen-bond acceptors (Lipinski definition) is 2. The maximum atomic E-state index is 5.81. The van der Waals surface area contributed by atoms with Crippen molar-refractivity contribution < 1.29 is 0 Å². The van der Waals surface area contributed by atoms with E-state index in [0.29, 0.717) is 10.8 Å². The van der Waals surface area contributed by atoms with Gasteiger partial charge in [-0.25, -0.2) is 0 Å². The lowest BCUT2D eigenvalue weighted by molar-refractivity contribution is 1.13. The summed E-state index contributed by atoms with van der Waals surface area (Å²) in [5.41, 5.74) is 6.45. The van der Waals surface area contributed by atoms with Crippen molar-refractivity contribution in [1.29, 1.82) is 0 Å². The Balaban J connectivity index is 2.93. The number of aromatic amines is 1. The summed E-state index contributed by atoms with van der Waals surface area (Å²) in [6, 6.07) is 3.57. The summed E-state index contributed by atoms with van der Waals surface area (Å²) in [6.45, 7) is 0. The van der Waals surface area contributed by atoms with Gasteiger partial charge in [-0.2, -0.15) is 5.10 Å². The van der Waals surface area contributed by atoms with Crippen LogP contribution in [0.4, 0.5) is 5.82 Å². The van der Waals surface area contributed by atoms with E-state index in [9.17, 15) is 0 Å². The molecule has 3 nitrogen and oxygen atoms in total. The van der Waals surface area contributed by atoms with E-state index >= 15 is 0 Å². The third kappa shape index (κ3) is 1.07. The highest BCUT2D eigenvalue weighted by atomic mass is 79.9. The van der Waals surface area contributed by atoms with Crippen LogP contribution in [0.15, 0.2) is 16.6 Å². The minimum Gasteiger partial charge on any atom is -0.382 e. The molecule has 0 radical (unpaired) electrons. The molecule has 0 spiro atoms. The molecule has 0 fully saturated rings. The highest BCUT2D eigenvalue weighted by molar-refractivity contribution is 9.10. The highest BCUT2D eigenvalue weighted by Gasteiger charge is 2.06. The van der Waals surface area contributed by atoms with Gasteiger partial charge in [0.25, 0.3) is 0 Å². The van der Waals surface area contributed by atoms with Crippen LogP contribution in [0.25, 0.3) is 10.9 Å². The number of fused-ring (bicyclic) bond motifs is 1. The van der Waals surface area contributed by atoms with E-state index in [2.05, 4.69) is 26.1 Å². The fourth-order valence-electron chi connectivity index (χ4n) is 1.10. The van der Waals surface area contributed by atoms with Crippen LogP contribution in [-0.4, -0.2) is 10.2 Å². The molecule has 0 aliphatic rings. The SMILES string of the molecule is Nc1n[nH]c2cc(Cl)cc(Br)c12. The third-order valence-electron chi connectivity index (χ3n) is 1.61. The smallest absolute Gasteiger partial charge is 0.154 e. The van der Waals surface area contributed by atoms with Crippen molar-refractivity contribution >= 4 is 44.3 Å². The Labute approximate surface area is 82.0 Å². The number of anilines is 1. The Bertz CT molecular complexity index is 437. The molecule has 0 aliphatic carbocycles. The van der Waals surface area contributed by atoms with Crippen LogP contribution in [0.3, 0.4) is 0 Å². The van der Waals surface area contributed by atoms with Crippen LogP contribution in [-0.2, 0) is 0 Å². The summed E-state index contributed by atoms with van der Waals surface area (Å²) in [5.74, 6) is 0.480. The van der Waals surface area contributed by atoms with E-state index in [-0.39, 0.29) is 0 Å². The van der Waals surface area contributed by atoms with Gasteiger partial charge in [-0.1, -0.05) is 11.6 Å². The van der Waals surface area contributed by atoms with E-state index in [4.69, 9.17) is 17.3 Å². The first-order chi connectivity index (χ1) is 5.68. The van der Waals surface area contributed by atoms with E-state index in [0.717, 1.165) is 15.4 Å². The lowest BCUT2D eigenvalue weighted by Gasteiger charge is -1.95. The molecule has 1 heterocycles. The number of halogens is 2. The van der Waals surface area contributed by atoms with Crippen LogP contribution >= 0.6 is 27.5 Å². The second-order valence-electron chi connectivity index (χ2n) is 2.42. The summed E-state index contributed by atoms with van der Waals surface area (Å²) in [6.07, 6.45) is 0. The average Bonchev–Trinajstić information content (AvgIpc) is 2.31. The van der Waals surface area contributed by atoms with Gasteiger partial charge < -0.3 is 5.73 Å². The number of aromatic nitrogens is 2. The first-order valence-electron chi connectivity index (χ1n) is 3.27. The number of rotatable bonds is 0. The molecule has 0 aliphatic heterocycles. The molecule has 1 aromatic carbocycles. The van der Waals surface area contributed by atoms with Crippen LogP contribution in [0.2, 0.25) is 5.02 Å². The Hall–Kier alpha value is -0.740. The maximum Gasteiger partial charge on any atom is 0.154 e. The van der Waals surface area contributed by atoms with Crippen LogP contribution in [0, 0.1) is 0 Å². The monoisotopic (exact) mass is 245 g/mol. The minimum atomic E-state index is 0.480. The number of nitrogens with two attached hydrogens (primary N) is 1. The zero-order chi connectivity index (χ0) is 8.72. The lowest BCUT2D eigenvalue weighted by Crippen LogP contribution is -1.84. The normalized spacial score (nSPS) is 10.8. The average molecular weight is 246 g/mol. The standard InChI is InChI=1S/C7H5BrClN3/c8-4-1-3(9)2-5-6(4)7(10)12-11-5/h1-2H,(H3,10,11,12). The first-order valence-corrected chi connectivity index (χ1v) is 4.44. The van der Waals surface area contributed by atoms with Crippen molar-refractivity contribution in [3.05, 3.63) is 21.6 Å². The van der Waals surface area contributed by atoms with Gasteiger partial charge in [0.15, 0.2) is 5.82 Å². The number of nitrogens with zero attached hydrogens (tertiary/aromatic N) is 1. The van der Waals surface area contributed by atoms with Crippen molar-refractivity contribution in [2.75, 3.05) is 5.73 Å². The van der Waals surface area contributed by atoms with E-state index in [1.54, 1.807) is 12.1 Å². The van der Waals surface area contributed by atoms with Gasteiger partial charge in [-0.15, -0.1) is 0 Å². The molecular formula is C7H5BrClN3. The topological polar surface area (TPSA) is 54.7 Å². The van der Waals surface area contributed by atoms with Crippen molar-refractivity contribution in [3.8, 4) is 0 Å². The van der Waals surface area contributed by atoms with Crippen LogP contribution < -0.4 is 5.73 Å². The highest BCUT2D eigenvalue weighted by Crippen LogP contribution is 2.30. The number of H-pyrrole nitrogens is 1. The second kappa shape index (κ2) is 2.64. The Morgan fingerprint density at radius 3 is 3.00 bits per heavy atom. The van der Waals surface area contributed by atoms with Gasteiger partial charge in [-0.05, 0) is 28.1 Å². The van der Waals surface area contributed by atoms with Gasteiger partial charge in [0.05, 0.1) is 10.9 Å². The first kappa shape index (κ1) is 7.89. The second-order valence-corrected chi connectivity index (χ2v) is 3.71. The quantitative estimate of drug-likeness (QED) is 0.750. The van der Waals surface area contributed by atoms with Gasteiger partial charge in [0.1, 0.15) is 0 Å². The molecule has 1 aromatic heterocycles. The van der Waals surface area contributed by atoms with Gasteiger partial charge >= 0.3 is 0 Å².